The molecular weight excluding hydrogens is 447 g/mol. The number of hydrogen-bond acceptors (Lipinski definition) is 4. The van der Waals surface area contributed by atoms with Gasteiger partial charge < -0.3 is 20.2 Å². The molecule has 0 aliphatic carbocycles. The first-order valence-corrected chi connectivity index (χ1v) is 10.4. The second-order valence-electron chi connectivity index (χ2n) is 7.41. The molecule has 1 amide bonds. The molecule has 2 heterocycles. The van der Waals surface area contributed by atoms with Gasteiger partial charge >= 0.3 is 6.18 Å². The molecule has 0 unspecified atom stereocenters. The van der Waals surface area contributed by atoms with Crippen molar-refractivity contribution in [3.05, 3.63) is 95.3 Å². The molecule has 0 atom stereocenters. The lowest BCUT2D eigenvalue weighted by Gasteiger charge is -2.10. The summed E-state index contributed by atoms with van der Waals surface area (Å²) in [7, 11) is 0. The highest BCUT2D eigenvalue weighted by Crippen LogP contribution is 2.32. The number of alkyl halides is 3. The number of carbonyl (C=O) groups excluding carboxylic acids is 2. The number of benzene rings is 2. The van der Waals surface area contributed by atoms with E-state index in [0.29, 0.717) is 23.4 Å². The Hall–Kier alpha value is -4.27. The lowest BCUT2D eigenvalue weighted by Crippen LogP contribution is -2.15. The number of nitrogen functional groups attached to an aromatic ring is 1. The van der Waals surface area contributed by atoms with Crippen LogP contribution in [0.5, 0.6) is 5.75 Å². The van der Waals surface area contributed by atoms with Crippen molar-refractivity contribution in [3.8, 4) is 5.75 Å². The van der Waals surface area contributed by atoms with Crippen LogP contribution in [0, 0.1) is 0 Å². The number of ether oxygens (including phenoxy) is 1. The maximum absolute atomic E-state index is 13.3. The Labute approximate surface area is 192 Å². The minimum Gasteiger partial charge on any atom is -0.494 e. The summed E-state index contributed by atoms with van der Waals surface area (Å²) in [5, 5.41) is 2.46. The molecule has 0 bridgehead atoms. The van der Waals surface area contributed by atoms with E-state index in [-0.39, 0.29) is 22.6 Å². The standard InChI is InChI=1S/C25H20F3N3O3/c1-2-34-18-11-9-15(10-12-18)23(32)22-21(29)20(19-8-3-4-13-31(19)22)24(33)30-17-7-5-6-16(14-17)25(26,27)28/h3-14H,2,29H2,1H3,(H,30,33). The fourth-order valence-electron chi connectivity index (χ4n) is 3.67. The van der Waals surface area contributed by atoms with Crippen LogP contribution in [0.25, 0.3) is 5.52 Å². The summed E-state index contributed by atoms with van der Waals surface area (Å²) in [6, 6.07) is 15.7. The number of aromatic nitrogens is 1. The average Bonchev–Trinajstić information content (AvgIpc) is 3.10. The van der Waals surface area contributed by atoms with Gasteiger partial charge in [-0.2, -0.15) is 13.2 Å². The summed E-state index contributed by atoms with van der Waals surface area (Å²) in [6.45, 7) is 2.33. The second-order valence-corrected chi connectivity index (χ2v) is 7.41. The number of ketones is 1. The van der Waals surface area contributed by atoms with Gasteiger partial charge in [-0.15, -0.1) is 0 Å². The van der Waals surface area contributed by atoms with Crippen LogP contribution in [0.4, 0.5) is 24.5 Å². The molecule has 0 fully saturated rings. The van der Waals surface area contributed by atoms with Gasteiger partial charge in [-0.3, -0.25) is 9.59 Å². The fourth-order valence-corrected chi connectivity index (χ4v) is 3.67. The number of pyridine rings is 1. The van der Waals surface area contributed by atoms with E-state index in [1.165, 1.54) is 16.5 Å². The molecule has 6 nitrogen and oxygen atoms in total. The molecule has 0 saturated heterocycles. The number of anilines is 2. The van der Waals surface area contributed by atoms with Crippen molar-refractivity contribution in [3.63, 3.8) is 0 Å². The first kappa shape index (κ1) is 22.9. The molecule has 174 valence electrons. The van der Waals surface area contributed by atoms with E-state index in [9.17, 15) is 22.8 Å². The van der Waals surface area contributed by atoms with Gasteiger partial charge in [0.05, 0.1) is 28.9 Å². The van der Waals surface area contributed by atoms with Crippen LogP contribution in [0.2, 0.25) is 0 Å². The Balaban J connectivity index is 1.73. The van der Waals surface area contributed by atoms with Crippen molar-refractivity contribution in [2.24, 2.45) is 0 Å². The van der Waals surface area contributed by atoms with Crippen LogP contribution >= 0.6 is 0 Å². The Morgan fingerprint density at radius 2 is 1.76 bits per heavy atom. The summed E-state index contributed by atoms with van der Waals surface area (Å²) in [4.78, 5) is 26.4. The summed E-state index contributed by atoms with van der Waals surface area (Å²) in [5.41, 5.74) is 6.01. The molecule has 34 heavy (non-hydrogen) atoms. The van der Waals surface area contributed by atoms with E-state index in [1.54, 1.807) is 48.7 Å². The first-order valence-electron chi connectivity index (χ1n) is 10.4. The predicted octanol–water partition coefficient (Wildman–Crippen LogP) is 5.42. The number of nitrogens with two attached hydrogens (primary N) is 1. The van der Waals surface area contributed by atoms with Crippen LogP contribution in [0.3, 0.4) is 0 Å². The molecule has 3 N–H and O–H groups in total. The van der Waals surface area contributed by atoms with E-state index in [1.807, 2.05) is 6.92 Å². The lowest BCUT2D eigenvalue weighted by molar-refractivity contribution is -0.137. The molecular formula is C25H20F3N3O3. The number of nitrogens with one attached hydrogen (secondary N) is 1. The van der Waals surface area contributed by atoms with Crippen molar-refractivity contribution in [2.45, 2.75) is 13.1 Å². The normalized spacial score (nSPS) is 11.4. The maximum atomic E-state index is 13.3. The van der Waals surface area contributed by atoms with Gasteiger partial charge in [0.1, 0.15) is 11.4 Å². The topological polar surface area (TPSA) is 85.8 Å². The highest BCUT2D eigenvalue weighted by Gasteiger charge is 2.31. The van der Waals surface area contributed by atoms with Crippen molar-refractivity contribution in [2.75, 3.05) is 17.7 Å². The minimum absolute atomic E-state index is 0.00713. The number of fused-ring (bicyclic) bond motifs is 1. The number of amides is 1. The van der Waals surface area contributed by atoms with Crippen molar-refractivity contribution >= 4 is 28.6 Å². The molecule has 0 spiro atoms. The summed E-state index contributed by atoms with van der Waals surface area (Å²) in [5.74, 6) is -0.542. The van der Waals surface area contributed by atoms with Gasteiger partial charge in [-0.25, -0.2) is 0 Å². The van der Waals surface area contributed by atoms with Gasteiger partial charge in [0.2, 0.25) is 5.78 Å². The monoisotopic (exact) mass is 467 g/mol. The van der Waals surface area contributed by atoms with Gasteiger partial charge in [0.15, 0.2) is 0 Å². The third-order valence-corrected chi connectivity index (χ3v) is 5.20. The minimum atomic E-state index is -4.56. The molecule has 4 aromatic rings. The Bertz CT molecular complexity index is 1380. The smallest absolute Gasteiger partial charge is 0.416 e. The zero-order valence-corrected chi connectivity index (χ0v) is 18.0. The van der Waals surface area contributed by atoms with Crippen molar-refractivity contribution in [1.29, 1.82) is 0 Å². The van der Waals surface area contributed by atoms with Gasteiger partial charge in [0, 0.05) is 17.4 Å². The van der Waals surface area contributed by atoms with Crippen molar-refractivity contribution < 1.29 is 27.5 Å². The largest absolute Gasteiger partial charge is 0.494 e. The molecule has 2 aromatic carbocycles. The predicted molar refractivity (Wildman–Crippen MR) is 122 cm³/mol. The third-order valence-electron chi connectivity index (χ3n) is 5.20. The zero-order valence-electron chi connectivity index (χ0n) is 18.0. The van der Waals surface area contributed by atoms with E-state index < -0.39 is 23.4 Å². The van der Waals surface area contributed by atoms with Gasteiger partial charge in [-0.1, -0.05) is 12.1 Å². The fraction of sp³-hybridized carbons (Fsp3) is 0.120. The molecule has 2 aromatic heterocycles. The summed E-state index contributed by atoms with van der Waals surface area (Å²) >= 11 is 0. The molecule has 0 aliphatic heterocycles. The van der Waals surface area contributed by atoms with Crippen LogP contribution in [-0.2, 0) is 6.18 Å². The zero-order chi connectivity index (χ0) is 24.5. The highest BCUT2D eigenvalue weighted by molar-refractivity contribution is 6.20. The highest BCUT2D eigenvalue weighted by atomic mass is 19.4. The second kappa shape index (κ2) is 8.93. The van der Waals surface area contributed by atoms with E-state index in [0.717, 1.165) is 12.1 Å². The molecule has 9 heteroatoms. The number of nitrogens with zero attached hydrogens (tertiary/aromatic N) is 1. The number of halogens is 3. The molecule has 0 radical (unpaired) electrons. The molecule has 0 saturated carbocycles. The Kier molecular flexibility index (Phi) is 6.02. The van der Waals surface area contributed by atoms with E-state index in [2.05, 4.69) is 5.32 Å². The number of rotatable bonds is 6. The summed E-state index contributed by atoms with van der Waals surface area (Å²) in [6.07, 6.45) is -2.96. The van der Waals surface area contributed by atoms with Gasteiger partial charge in [0.25, 0.3) is 5.91 Å². The maximum Gasteiger partial charge on any atom is 0.416 e. The van der Waals surface area contributed by atoms with E-state index >= 15 is 0 Å². The first-order chi connectivity index (χ1) is 16.2. The molecule has 4 rings (SSSR count). The number of hydrogen-bond donors (Lipinski definition) is 2. The van der Waals surface area contributed by atoms with Crippen LogP contribution < -0.4 is 15.8 Å². The van der Waals surface area contributed by atoms with Crippen LogP contribution in [0.15, 0.2) is 72.9 Å². The van der Waals surface area contributed by atoms with Gasteiger partial charge in [-0.05, 0) is 61.5 Å². The Morgan fingerprint density at radius 3 is 2.44 bits per heavy atom. The van der Waals surface area contributed by atoms with E-state index in [4.69, 9.17) is 10.5 Å². The SMILES string of the molecule is CCOc1ccc(C(=O)c2c(N)c(C(=O)Nc3cccc(C(F)(F)F)c3)c3ccccn23)cc1. The number of carbonyl (C=O) groups is 2. The van der Waals surface area contributed by atoms with Crippen molar-refractivity contribution in [1.82, 2.24) is 4.40 Å². The lowest BCUT2D eigenvalue weighted by atomic mass is 10.1. The molecule has 0 aliphatic rings. The average molecular weight is 467 g/mol. The van der Waals surface area contributed by atoms with Crippen LogP contribution in [-0.4, -0.2) is 22.7 Å². The quantitative estimate of drug-likeness (QED) is 0.371. The summed E-state index contributed by atoms with van der Waals surface area (Å²) < 4.78 is 46.0. The third kappa shape index (κ3) is 4.32. The Morgan fingerprint density at radius 1 is 1.03 bits per heavy atom. The van der Waals surface area contributed by atoms with Crippen LogP contribution in [0.1, 0.15) is 38.9 Å².